The predicted octanol–water partition coefficient (Wildman–Crippen LogP) is 1.08. The second-order valence-corrected chi connectivity index (χ2v) is 6.22. The number of amides is 1. The molecular weight excluding hydrogens is 287 g/mol. The Balaban J connectivity index is 1.68. The number of nitrogens with zero attached hydrogens (tertiary/aromatic N) is 4. The number of rotatable bonds is 3. The van der Waals surface area contributed by atoms with E-state index < -0.39 is 5.82 Å². The van der Waals surface area contributed by atoms with Gasteiger partial charge in [0.1, 0.15) is 6.61 Å². The minimum atomic E-state index is -0.423. The first-order valence-corrected chi connectivity index (χ1v) is 7.61. The van der Waals surface area contributed by atoms with Gasteiger partial charge in [0.15, 0.2) is 5.82 Å². The fourth-order valence-electron chi connectivity index (χ4n) is 3.54. The van der Waals surface area contributed by atoms with Gasteiger partial charge in [0, 0.05) is 38.7 Å². The van der Waals surface area contributed by atoms with Crippen LogP contribution in [0, 0.1) is 11.2 Å². The van der Waals surface area contributed by atoms with Gasteiger partial charge in [-0.2, -0.15) is 0 Å². The topological polar surface area (TPSA) is 58.6 Å². The molecule has 0 aromatic carbocycles. The van der Waals surface area contributed by atoms with Crippen molar-refractivity contribution in [1.29, 1.82) is 0 Å². The van der Waals surface area contributed by atoms with Gasteiger partial charge in [-0.25, -0.2) is 14.4 Å². The Morgan fingerprint density at radius 3 is 2.82 bits per heavy atom. The first-order valence-electron chi connectivity index (χ1n) is 7.61. The summed E-state index contributed by atoms with van der Waals surface area (Å²) in [5, 5.41) is 0. The van der Waals surface area contributed by atoms with E-state index in [2.05, 4.69) is 14.9 Å². The Hall–Kier alpha value is -1.76. The number of piperidine rings is 1. The highest BCUT2D eigenvalue weighted by atomic mass is 19.1. The van der Waals surface area contributed by atoms with Gasteiger partial charge < -0.3 is 14.5 Å². The lowest BCUT2D eigenvalue weighted by Crippen LogP contribution is -2.46. The lowest BCUT2D eigenvalue weighted by Gasteiger charge is -2.40. The third-order valence-corrected chi connectivity index (χ3v) is 4.61. The second-order valence-electron chi connectivity index (χ2n) is 6.22. The molecule has 1 atom stereocenters. The number of carbonyl (C=O) groups is 1. The monoisotopic (exact) mass is 308 g/mol. The highest BCUT2D eigenvalue weighted by molar-refractivity contribution is 5.77. The Morgan fingerprint density at radius 2 is 2.09 bits per heavy atom. The predicted molar refractivity (Wildman–Crippen MR) is 78.9 cm³/mol. The van der Waals surface area contributed by atoms with Crippen LogP contribution in [0.4, 0.5) is 10.3 Å². The summed E-state index contributed by atoms with van der Waals surface area (Å²) in [4.78, 5) is 24.1. The van der Waals surface area contributed by atoms with Crippen LogP contribution in [0.1, 0.15) is 19.3 Å². The summed E-state index contributed by atoms with van der Waals surface area (Å²) in [6.07, 6.45) is 5.52. The minimum Gasteiger partial charge on any atom is -0.375 e. The lowest BCUT2D eigenvalue weighted by atomic mass is 9.79. The highest BCUT2D eigenvalue weighted by Gasteiger charge is 2.43. The summed E-state index contributed by atoms with van der Waals surface area (Å²) in [6.45, 7) is 3.36. The van der Waals surface area contributed by atoms with Crippen molar-refractivity contribution in [3.63, 3.8) is 0 Å². The van der Waals surface area contributed by atoms with Crippen LogP contribution in [0.15, 0.2) is 12.4 Å². The Morgan fingerprint density at radius 1 is 1.32 bits per heavy atom. The average molecular weight is 308 g/mol. The van der Waals surface area contributed by atoms with Crippen molar-refractivity contribution in [2.45, 2.75) is 19.3 Å². The summed E-state index contributed by atoms with van der Waals surface area (Å²) >= 11 is 0. The SMILES string of the molecule is COCC(=O)N1CCC2(CCCN(c3ncc(F)cn3)C2)C1. The Bertz CT molecular complexity index is 539. The van der Waals surface area contributed by atoms with E-state index in [1.165, 1.54) is 19.5 Å². The van der Waals surface area contributed by atoms with Gasteiger partial charge in [0.25, 0.3) is 0 Å². The van der Waals surface area contributed by atoms with Crippen molar-refractivity contribution in [2.75, 3.05) is 44.8 Å². The smallest absolute Gasteiger partial charge is 0.248 e. The second kappa shape index (κ2) is 6.16. The van der Waals surface area contributed by atoms with Gasteiger partial charge in [0.05, 0.1) is 12.4 Å². The molecule has 0 N–H and O–H groups in total. The van der Waals surface area contributed by atoms with Crippen LogP contribution in [0.5, 0.6) is 0 Å². The molecule has 3 heterocycles. The number of methoxy groups -OCH3 is 1. The molecule has 0 aliphatic carbocycles. The molecule has 1 unspecified atom stereocenters. The van der Waals surface area contributed by atoms with Crippen molar-refractivity contribution in [3.8, 4) is 0 Å². The Labute approximate surface area is 129 Å². The van der Waals surface area contributed by atoms with Crippen molar-refractivity contribution < 1.29 is 13.9 Å². The zero-order chi connectivity index (χ0) is 15.6. The fraction of sp³-hybridized carbons (Fsp3) is 0.667. The number of aromatic nitrogens is 2. The average Bonchev–Trinajstić information content (AvgIpc) is 2.92. The fourth-order valence-corrected chi connectivity index (χ4v) is 3.54. The van der Waals surface area contributed by atoms with E-state index in [0.29, 0.717) is 5.95 Å². The molecule has 2 saturated heterocycles. The van der Waals surface area contributed by atoms with Gasteiger partial charge in [0.2, 0.25) is 11.9 Å². The normalized spacial score (nSPS) is 25.0. The first-order chi connectivity index (χ1) is 10.6. The zero-order valence-electron chi connectivity index (χ0n) is 12.8. The van der Waals surface area contributed by atoms with Gasteiger partial charge in [-0.15, -0.1) is 0 Å². The van der Waals surface area contributed by atoms with Crippen LogP contribution in [-0.4, -0.2) is 60.7 Å². The van der Waals surface area contributed by atoms with Crippen LogP contribution in [0.3, 0.4) is 0 Å². The number of ether oxygens (including phenoxy) is 1. The maximum absolute atomic E-state index is 13.0. The maximum atomic E-state index is 13.0. The molecule has 1 amide bonds. The number of hydrogen-bond acceptors (Lipinski definition) is 5. The molecule has 7 heteroatoms. The van der Waals surface area contributed by atoms with Gasteiger partial charge >= 0.3 is 0 Å². The summed E-state index contributed by atoms with van der Waals surface area (Å²) in [7, 11) is 1.54. The zero-order valence-corrected chi connectivity index (χ0v) is 12.8. The lowest BCUT2D eigenvalue weighted by molar-refractivity contribution is -0.134. The Kier molecular flexibility index (Phi) is 4.24. The number of anilines is 1. The van der Waals surface area contributed by atoms with Crippen LogP contribution in [0.2, 0.25) is 0 Å². The van der Waals surface area contributed by atoms with E-state index in [9.17, 15) is 9.18 Å². The third kappa shape index (κ3) is 3.04. The molecule has 6 nitrogen and oxygen atoms in total. The van der Waals surface area contributed by atoms with Crippen LogP contribution >= 0.6 is 0 Å². The summed E-state index contributed by atoms with van der Waals surface area (Å²) in [5.41, 5.74) is 0.0966. The van der Waals surface area contributed by atoms with E-state index in [1.54, 1.807) is 0 Å². The van der Waals surface area contributed by atoms with Crippen LogP contribution in [0.25, 0.3) is 0 Å². The summed E-state index contributed by atoms with van der Waals surface area (Å²) in [5.74, 6) is 0.198. The van der Waals surface area contributed by atoms with E-state index in [4.69, 9.17) is 4.74 Å². The van der Waals surface area contributed by atoms with Crippen molar-refractivity contribution in [3.05, 3.63) is 18.2 Å². The number of likely N-dealkylation sites (tertiary alicyclic amines) is 1. The molecule has 3 rings (SSSR count). The van der Waals surface area contributed by atoms with Gasteiger partial charge in [-0.3, -0.25) is 4.79 Å². The van der Waals surface area contributed by atoms with E-state index in [1.807, 2.05) is 4.90 Å². The molecule has 1 aromatic rings. The largest absolute Gasteiger partial charge is 0.375 e. The molecule has 0 saturated carbocycles. The van der Waals surface area contributed by atoms with Crippen molar-refractivity contribution in [1.82, 2.24) is 14.9 Å². The molecule has 120 valence electrons. The highest BCUT2D eigenvalue weighted by Crippen LogP contribution is 2.39. The molecule has 2 aliphatic heterocycles. The van der Waals surface area contributed by atoms with E-state index in [-0.39, 0.29) is 17.9 Å². The molecule has 2 fully saturated rings. The summed E-state index contributed by atoms with van der Waals surface area (Å²) < 4.78 is 17.9. The third-order valence-electron chi connectivity index (χ3n) is 4.61. The number of halogens is 1. The molecule has 1 aromatic heterocycles. The van der Waals surface area contributed by atoms with Crippen molar-refractivity contribution >= 4 is 11.9 Å². The van der Waals surface area contributed by atoms with Crippen LogP contribution in [-0.2, 0) is 9.53 Å². The van der Waals surface area contributed by atoms with Gasteiger partial charge in [-0.1, -0.05) is 0 Å². The quantitative estimate of drug-likeness (QED) is 0.836. The van der Waals surface area contributed by atoms with Gasteiger partial charge in [-0.05, 0) is 19.3 Å². The van der Waals surface area contributed by atoms with E-state index >= 15 is 0 Å². The molecular formula is C15H21FN4O2. The number of carbonyl (C=O) groups excluding carboxylic acids is 1. The molecule has 1 spiro atoms. The molecule has 2 aliphatic rings. The maximum Gasteiger partial charge on any atom is 0.248 e. The molecule has 0 bridgehead atoms. The first kappa shape index (κ1) is 15.1. The molecule has 22 heavy (non-hydrogen) atoms. The standard InChI is InChI=1S/C15H21FN4O2/c1-22-9-13(21)19-6-4-15(10-19)3-2-5-20(11-15)14-17-7-12(16)8-18-14/h7-8H,2-6,9-11H2,1H3. The number of hydrogen-bond donors (Lipinski definition) is 0. The minimum absolute atomic E-state index is 0.0505. The van der Waals surface area contributed by atoms with Crippen LogP contribution < -0.4 is 4.90 Å². The summed E-state index contributed by atoms with van der Waals surface area (Å²) in [6, 6.07) is 0. The molecule has 0 radical (unpaired) electrons. The van der Waals surface area contributed by atoms with E-state index in [0.717, 1.165) is 45.4 Å². The van der Waals surface area contributed by atoms with Crippen molar-refractivity contribution in [2.24, 2.45) is 5.41 Å².